The van der Waals surface area contributed by atoms with Crippen molar-refractivity contribution in [1.82, 2.24) is 20.0 Å². The minimum atomic E-state index is -0.741. The molecule has 1 aliphatic rings. The van der Waals surface area contributed by atoms with Crippen LogP contribution in [0.4, 0.5) is 0 Å². The predicted molar refractivity (Wildman–Crippen MR) is 98.4 cm³/mol. The maximum atomic E-state index is 13.1. The summed E-state index contributed by atoms with van der Waals surface area (Å²) in [6.07, 6.45) is -0.741. The van der Waals surface area contributed by atoms with Gasteiger partial charge in [0.15, 0.2) is 5.69 Å². The van der Waals surface area contributed by atoms with Crippen LogP contribution < -0.4 is 5.32 Å². The highest BCUT2D eigenvalue weighted by Gasteiger charge is 2.26. The topological polar surface area (TPSA) is 96.7 Å². The molecule has 2 heterocycles. The molecule has 0 fully saturated rings. The van der Waals surface area contributed by atoms with E-state index in [2.05, 4.69) is 10.4 Å². The Bertz CT molecular complexity index is 833. The van der Waals surface area contributed by atoms with Crippen LogP contribution >= 0.6 is 0 Å². The summed E-state index contributed by atoms with van der Waals surface area (Å²) >= 11 is 0. The minimum Gasteiger partial charge on any atom is -0.389 e. The molecule has 0 aliphatic carbocycles. The molecule has 1 aliphatic heterocycles. The number of ether oxygens (including phenoxy) is 1. The summed E-state index contributed by atoms with van der Waals surface area (Å²) in [4.78, 5) is 26.9. The van der Waals surface area contributed by atoms with Gasteiger partial charge in [-0.1, -0.05) is 24.3 Å². The maximum Gasteiger partial charge on any atom is 0.274 e. The third kappa shape index (κ3) is 4.35. The predicted octanol–water partition coefficient (Wildman–Crippen LogP) is 0.585. The van der Waals surface area contributed by atoms with Gasteiger partial charge in [-0.25, -0.2) is 0 Å². The van der Waals surface area contributed by atoms with Crippen LogP contribution in [0, 0.1) is 6.92 Å². The quantitative estimate of drug-likeness (QED) is 0.773. The Morgan fingerprint density at radius 1 is 1.44 bits per heavy atom. The van der Waals surface area contributed by atoms with Crippen molar-refractivity contribution < 1.29 is 19.4 Å². The van der Waals surface area contributed by atoms with Crippen LogP contribution in [-0.4, -0.2) is 64.5 Å². The molecule has 0 radical (unpaired) electrons. The number of rotatable bonds is 6. The van der Waals surface area contributed by atoms with Crippen molar-refractivity contribution >= 4 is 11.8 Å². The van der Waals surface area contributed by atoms with Crippen molar-refractivity contribution in [2.75, 3.05) is 26.8 Å². The lowest BCUT2D eigenvalue weighted by atomic mass is 10.1. The van der Waals surface area contributed by atoms with E-state index >= 15 is 0 Å². The van der Waals surface area contributed by atoms with Gasteiger partial charge in [-0.3, -0.25) is 14.3 Å². The van der Waals surface area contributed by atoms with E-state index in [1.807, 2.05) is 31.2 Å². The summed E-state index contributed by atoms with van der Waals surface area (Å²) in [7, 11) is 1.58. The first-order valence-corrected chi connectivity index (χ1v) is 8.86. The molecule has 8 heteroatoms. The first-order chi connectivity index (χ1) is 13.0. The van der Waals surface area contributed by atoms with Crippen molar-refractivity contribution in [2.45, 2.75) is 26.1 Å². The van der Waals surface area contributed by atoms with Crippen LogP contribution in [0.5, 0.6) is 0 Å². The number of hydrogen-bond acceptors (Lipinski definition) is 5. The highest BCUT2D eigenvalue weighted by Crippen LogP contribution is 2.15. The van der Waals surface area contributed by atoms with Crippen LogP contribution in [-0.2, 0) is 17.8 Å². The van der Waals surface area contributed by atoms with E-state index < -0.39 is 6.10 Å². The lowest BCUT2D eigenvalue weighted by Crippen LogP contribution is -2.34. The smallest absolute Gasteiger partial charge is 0.274 e. The highest BCUT2D eigenvalue weighted by atomic mass is 16.5. The van der Waals surface area contributed by atoms with E-state index in [-0.39, 0.29) is 36.3 Å². The number of carbonyl (C=O) groups is 2. The number of nitrogens with zero attached hydrogens (tertiary/aromatic N) is 3. The number of fused-ring (bicyclic) bond motifs is 1. The Kier molecular flexibility index (Phi) is 5.88. The van der Waals surface area contributed by atoms with Crippen LogP contribution in [0.3, 0.4) is 0 Å². The van der Waals surface area contributed by atoms with Gasteiger partial charge >= 0.3 is 0 Å². The summed E-state index contributed by atoms with van der Waals surface area (Å²) in [6, 6.07) is 9.35. The largest absolute Gasteiger partial charge is 0.389 e. The first kappa shape index (κ1) is 19.1. The van der Waals surface area contributed by atoms with Gasteiger partial charge in [-0.05, 0) is 18.1 Å². The number of aromatic nitrogens is 2. The molecular formula is C19H24N4O4. The van der Waals surface area contributed by atoms with Crippen molar-refractivity contribution in [3.05, 3.63) is 52.8 Å². The molecule has 2 amide bonds. The fourth-order valence-electron chi connectivity index (χ4n) is 3.02. The van der Waals surface area contributed by atoms with Crippen molar-refractivity contribution in [2.24, 2.45) is 0 Å². The lowest BCUT2D eigenvalue weighted by molar-refractivity contribution is 0.0672. The molecule has 0 spiro atoms. The number of aliphatic hydroxyl groups is 1. The number of hydrogen-bond donors (Lipinski definition) is 2. The number of carbonyl (C=O) groups excluding carboxylic acids is 2. The van der Waals surface area contributed by atoms with Gasteiger partial charge in [-0.2, -0.15) is 5.10 Å². The van der Waals surface area contributed by atoms with E-state index in [4.69, 9.17) is 4.74 Å². The lowest BCUT2D eigenvalue weighted by Gasteiger charge is -2.22. The molecule has 0 bridgehead atoms. The Morgan fingerprint density at radius 3 is 2.96 bits per heavy atom. The van der Waals surface area contributed by atoms with Gasteiger partial charge in [0.1, 0.15) is 5.69 Å². The number of methoxy groups -OCH3 is 1. The molecule has 1 aromatic carbocycles. The van der Waals surface area contributed by atoms with Crippen LogP contribution in [0.25, 0.3) is 0 Å². The molecule has 8 nitrogen and oxygen atoms in total. The van der Waals surface area contributed by atoms with Gasteiger partial charge in [0.2, 0.25) is 0 Å². The number of β-amino-alcohol motifs (C(OH)–C–C–N with tert-alkyl or cyclic N) is 1. The van der Waals surface area contributed by atoms with Gasteiger partial charge in [-0.15, -0.1) is 0 Å². The molecule has 0 saturated heterocycles. The van der Waals surface area contributed by atoms with Crippen LogP contribution in [0.2, 0.25) is 0 Å². The van der Waals surface area contributed by atoms with E-state index in [1.54, 1.807) is 12.0 Å². The summed E-state index contributed by atoms with van der Waals surface area (Å²) in [5, 5.41) is 16.8. The second-order valence-corrected chi connectivity index (χ2v) is 6.61. The van der Waals surface area contributed by atoms with Gasteiger partial charge in [0.05, 0.1) is 19.3 Å². The van der Waals surface area contributed by atoms with Gasteiger partial charge < -0.3 is 20.1 Å². The Morgan fingerprint density at radius 2 is 2.22 bits per heavy atom. The van der Waals surface area contributed by atoms with E-state index in [0.717, 1.165) is 11.1 Å². The van der Waals surface area contributed by atoms with Gasteiger partial charge in [0, 0.05) is 32.8 Å². The molecule has 0 saturated carbocycles. The molecule has 144 valence electrons. The maximum absolute atomic E-state index is 13.1. The van der Waals surface area contributed by atoms with Crippen LogP contribution in [0.1, 0.15) is 32.1 Å². The standard InChI is InChI=1S/C19H24N4O4/c1-13-5-3-4-6-14(13)11-22(7-8-27-2)19(26)16-9-17-18(25)20-10-15(24)12-23(17)21-16/h3-6,9,15,24H,7-8,10-12H2,1-2H3,(H,20,25)/t15-/m0/s1. The highest BCUT2D eigenvalue weighted by molar-refractivity contribution is 5.98. The summed E-state index contributed by atoms with van der Waals surface area (Å²) in [5.74, 6) is -0.626. The fourth-order valence-corrected chi connectivity index (χ4v) is 3.02. The molecule has 27 heavy (non-hydrogen) atoms. The SMILES string of the molecule is COCCN(Cc1ccccc1C)C(=O)c1cc2n(n1)C[C@@H](O)CNC2=O. The zero-order valence-corrected chi connectivity index (χ0v) is 15.5. The van der Waals surface area contributed by atoms with E-state index in [1.165, 1.54) is 10.7 Å². The second-order valence-electron chi connectivity index (χ2n) is 6.61. The van der Waals surface area contributed by atoms with Crippen molar-refractivity contribution in [3.63, 3.8) is 0 Å². The first-order valence-electron chi connectivity index (χ1n) is 8.86. The third-order valence-electron chi connectivity index (χ3n) is 4.59. The van der Waals surface area contributed by atoms with Crippen molar-refractivity contribution in [3.8, 4) is 0 Å². The van der Waals surface area contributed by atoms with E-state index in [0.29, 0.717) is 19.7 Å². The minimum absolute atomic E-state index is 0.164. The zero-order chi connectivity index (χ0) is 19.4. The zero-order valence-electron chi connectivity index (χ0n) is 15.5. The normalized spacial score (nSPS) is 16.4. The molecule has 2 N–H and O–H groups in total. The average molecular weight is 372 g/mol. The number of nitrogens with one attached hydrogen (secondary N) is 1. The summed E-state index contributed by atoms with van der Waals surface area (Å²) in [6.45, 7) is 3.55. The number of aryl methyl sites for hydroxylation is 1. The molecule has 2 aromatic rings. The fraction of sp³-hybridized carbons (Fsp3) is 0.421. The molecule has 1 atom stereocenters. The van der Waals surface area contributed by atoms with Crippen molar-refractivity contribution in [1.29, 1.82) is 0 Å². The Labute approximate surface area is 157 Å². The Balaban J connectivity index is 1.86. The monoisotopic (exact) mass is 372 g/mol. The summed E-state index contributed by atoms with van der Waals surface area (Å²) < 4.78 is 6.53. The van der Waals surface area contributed by atoms with Gasteiger partial charge in [0.25, 0.3) is 11.8 Å². The number of benzene rings is 1. The third-order valence-corrected chi connectivity index (χ3v) is 4.59. The van der Waals surface area contributed by atoms with Crippen LogP contribution in [0.15, 0.2) is 30.3 Å². The van der Waals surface area contributed by atoms with E-state index in [9.17, 15) is 14.7 Å². The number of amides is 2. The average Bonchev–Trinajstić information content (AvgIpc) is 3.02. The molecule has 1 aromatic heterocycles. The molecular weight excluding hydrogens is 348 g/mol. The molecule has 3 rings (SSSR count). The summed E-state index contributed by atoms with van der Waals surface area (Å²) in [5.41, 5.74) is 2.59. The molecule has 0 unspecified atom stereocenters. The Hall–Kier alpha value is -2.71. The number of aliphatic hydroxyl groups excluding tert-OH is 1. The second kappa shape index (κ2) is 8.32.